The van der Waals surface area contributed by atoms with Crippen molar-refractivity contribution in [2.75, 3.05) is 5.32 Å². The molecule has 0 fully saturated rings. The van der Waals surface area contributed by atoms with Gasteiger partial charge in [0.25, 0.3) is 11.6 Å². The molecule has 0 saturated heterocycles. The molecule has 7 nitrogen and oxygen atoms in total. The van der Waals surface area contributed by atoms with Crippen LogP contribution in [-0.4, -0.2) is 22.0 Å². The third kappa shape index (κ3) is 5.75. The Bertz CT molecular complexity index is 853. The number of carbonyl (C=O) groups excluding carboxylic acids is 1. The first-order chi connectivity index (χ1) is 12.8. The van der Waals surface area contributed by atoms with E-state index in [9.17, 15) is 14.9 Å². The fraction of sp³-hybridized carbons (Fsp3) is 0.263. The quantitative estimate of drug-likeness (QED) is 0.438. The fourth-order valence-electron chi connectivity index (χ4n) is 2.23. The third-order valence-electron chi connectivity index (χ3n) is 3.92. The molecule has 1 amide bonds. The zero-order chi connectivity index (χ0) is 20.0. The number of hydrogen-bond donors (Lipinski definition) is 2. The topological polar surface area (TPSA) is 93.5 Å². The van der Waals surface area contributed by atoms with Crippen molar-refractivity contribution in [3.8, 4) is 5.75 Å². The van der Waals surface area contributed by atoms with E-state index >= 15 is 0 Å². The summed E-state index contributed by atoms with van der Waals surface area (Å²) in [6.07, 6.45) is 0.996. The summed E-state index contributed by atoms with van der Waals surface area (Å²) in [4.78, 5) is 22.6. The Morgan fingerprint density at radius 2 is 1.93 bits per heavy atom. The van der Waals surface area contributed by atoms with Crippen LogP contribution in [0.4, 0.5) is 11.4 Å². The zero-order valence-corrected chi connectivity index (χ0v) is 16.1. The van der Waals surface area contributed by atoms with Crippen LogP contribution in [0.5, 0.6) is 5.75 Å². The first kappa shape index (κ1) is 20.3. The Balaban J connectivity index is 1.97. The number of ether oxygens (including phenoxy) is 1. The van der Waals surface area contributed by atoms with Crippen LogP contribution in [0.3, 0.4) is 0 Å². The number of aryl methyl sites for hydroxylation is 1. The molecule has 0 bridgehead atoms. The second kappa shape index (κ2) is 9.09. The summed E-state index contributed by atoms with van der Waals surface area (Å²) in [6, 6.07) is 11.1. The maximum absolute atomic E-state index is 12.3. The Kier molecular flexibility index (Phi) is 6.84. The molecule has 8 heteroatoms. The normalized spacial score (nSPS) is 11.4. The Hall–Kier alpha value is -3.00. The van der Waals surface area contributed by atoms with Gasteiger partial charge in [-0.3, -0.25) is 20.2 Å². The lowest BCUT2D eigenvalue weighted by atomic mass is 10.2. The molecule has 0 aromatic heterocycles. The molecule has 0 heterocycles. The van der Waals surface area contributed by atoms with Gasteiger partial charge in [-0.05, 0) is 68.4 Å². The lowest BCUT2D eigenvalue weighted by Gasteiger charge is -2.13. The summed E-state index contributed by atoms with van der Waals surface area (Å²) in [6.45, 7) is 5.73. The van der Waals surface area contributed by atoms with Gasteiger partial charge in [0.2, 0.25) is 0 Å². The summed E-state index contributed by atoms with van der Waals surface area (Å²) in [5, 5.41) is 16.4. The highest BCUT2D eigenvalue weighted by molar-refractivity contribution is 7.80. The number of rotatable bonds is 6. The van der Waals surface area contributed by atoms with Crippen molar-refractivity contribution < 1.29 is 14.5 Å². The summed E-state index contributed by atoms with van der Waals surface area (Å²) in [5.41, 5.74) is 1.67. The van der Waals surface area contributed by atoms with Crippen LogP contribution >= 0.6 is 12.2 Å². The van der Waals surface area contributed by atoms with Crippen molar-refractivity contribution in [2.24, 2.45) is 0 Å². The van der Waals surface area contributed by atoms with Gasteiger partial charge in [-0.1, -0.05) is 6.92 Å². The molecule has 0 aliphatic rings. The number of nitrogens with one attached hydrogen (secondary N) is 2. The number of anilines is 1. The summed E-state index contributed by atoms with van der Waals surface area (Å²) >= 11 is 5.15. The van der Waals surface area contributed by atoms with Crippen LogP contribution in [-0.2, 0) is 0 Å². The van der Waals surface area contributed by atoms with Crippen molar-refractivity contribution in [1.29, 1.82) is 0 Å². The van der Waals surface area contributed by atoms with Gasteiger partial charge in [-0.25, -0.2) is 0 Å². The molecule has 2 aromatic rings. The molecular weight excluding hydrogens is 366 g/mol. The van der Waals surface area contributed by atoms with Crippen molar-refractivity contribution >= 4 is 34.6 Å². The Morgan fingerprint density at radius 3 is 2.48 bits per heavy atom. The predicted octanol–water partition coefficient (Wildman–Crippen LogP) is 4.21. The summed E-state index contributed by atoms with van der Waals surface area (Å²) in [7, 11) is 0. The largest absolute Gasteiger partial charge is 0.491 e. The number of nitrogens with zero attached hydrogens (tertiary/aromatic N) is 1. The predicted molar refractivity (Wildman–Crippen MR) is 108 cm³/mol. The highest BCUT2D eigenvalue weighted by Crippen LogP contribution is 2.21. The molecule has 0 aliphatic carbocycles. The molecule has 2 aromatic carbocycles. The lowest BCUT2D eigenvalue weighted by molar-refractivity contribution is -0.384. The number of hydrogen-bond acceptors (Lipinski definition) is 5. The van der Waals surface area contributed by atoms with E-state index < -0.39 is 4.92 Å². The summed E-state index contributed by atoms with van der Waals surface area (Å²) < 4.78 is 5.68. The van der Waals surface area contributed by atoms with Gasteiger partial charge < -0.3 is 10.1 Å². The first-order valence-electron chi connectivity index (χ1n) is 8.44. The van der Waals surface area contributed by atoms with Crippen LogP contribution < -0.4 is 15.4 Å². The average Bonchev–Trinajstić information content (AvgIpc) is 2.63. The molecule has 1 unspecified atom stereocenters. The van der Waals surface area contributed by atoms with Gasteiger partial charge in [0.1, 0.15) is 5.75 Å². The van der Waals surface area contributed by atoms with E-state index in [0.717, 1.165) is 6.42 Å². The number of non-ortho nitro benzene ring substituents is 1. The highest BCUT2D eigenvalue weighted by atomic mass is 32.1. The standard InChI is InChI=1S/C19H21N3O4S/c1-4-13(3)26-16-8-5-14(6-9-16)18(23)21-19(27)20-17-10-7-15(22(24)25)11-12(17)2/h5-11,13H,4H2,1-3H3,(H2,20,21,23,27). The molecule has 0 saturated carbocycles. The molecule has 0 spiro atoms. The second-order valence-corrected chi connectivity index (χ2v) is 6.43. The number of amides is 1. The van der Waals surface area contributed by atoms with Crippen LogP contribution in [0, 0.1) is 17.0 Å². The van der Waals surface area contributed by atoms with Gasteiger partial charge in [0, 0.05) is 23.4 Å². The maximum atomic E-state index is 12.3. The molecular formula is C19H21N3O4S. The number of thiocarbonyl (C=S) groups is 1. The van der Waals surface area contributed by atoms with Crippen molar-refractivity contribution in [3.05, 3.63) is 63.7 Å². The number of nitro benzene ring substituents is 1. The number of benzene rings is 2. The van der Waals surface area contributed by atoms with E-state index in [0.29, 0.717) is 22.6 Å². The average molecular weight is 387 g/mol. The Labute approximate surface area is 162 Å². The van der Waals surface area contributed by atoms with Crippen molar-refractivity contribution in [1.82, 2.24) is 5.32 Å². The number of carbonyl (C=O) groups is 1. The van der Waals surface area contributed by atoms with Gasteiger partial charge >= 0.3 is 0 Å². The van der Waals surface area contributed by atoms with Gasteiger partial charge in [-0.15, -0.1) is 0 Å². The second-order valence-electron chi connectivity index (χ2n) is 6.03. The molecule has 0 radical (unpaired) electrons. The molecule has 2 rings (SSSR count). The van der Waals surface area contributed by atoms with E-state index in [1.807, 2.05) is 13.8 Å². The van der Waals surface area contributed by atoms with Crippen LogP contribution in [0.2, 0.25) is 0 Å². The van der Waals surface area contributed by atoms with Crippen molar-refractivity contribution in [2.45, 2.75) is 33.3 Å². The summed E-state index contributed by atoms with van der Waals surface area (Å²) in [5.74, 6) is 0.338. The lowest BCUT2D eigenvalue weighted by Crippen LogP contribution is -2.34. The molecule has 0 aliphatic heterocycles. The smallest absolute Gasteiger partial charge is 0.269 e. The van der Waals surface area contributed by atoms with E-state index in [4.69, 9.17) is 17.0 Å². The monoisotopic (exact) mass is 387 g/mol. The SMILES string of the molecule is CCC(C)Oc1ccc(C(=O)NC(=S)Nc2ccc([N+](=O)[O-])cc2C)cc1. The van der Waals surface area contributed by atoms with Crippen LogP contribution in [0.25, 0.3) is 0 Å². The van der Waals surface area contributed by atoms with E-state index in [-0.39, 0.29) is 22.8 Å². The van der Waals surface area contributed by atoms with E-state index in [1.165, 1.54) is 12.1 Å². The minimum atomic E-state index is -0.467. The van der Waals surface area contributed by atoms with Crippen LogP contribution in [0.15, 0.2) is 42.5 Å². The molecule has 27 heavy (non-hydrogen) atoms. The molecule has 2 N–H and O–H groups in total. The van der Waals surface area contributed by atoms with Gasteiger partial charge in [0.15, 0.2) is 5.11 Å². The first-order valence-corrected chi connectivity index (χ1v) is 8.85. The third-order valence-corrected chi connectivity index (χ3v) is 4.13. The van der Waals surface area contributed by atoms with Gasteiger partial charge in [-0.2, -0.15) is 0 Å². The maximum Gasteiger partial charge on any atom is 0.269 e. The zero-order valence-electron chi connectivity index (χ0n) is 15.3. The minimum Gasteiger partial charge on any atom is -0.491 e. The van der Waals surface area contributed by atoms with Gasteiger partial charge in [0.05, 0.1) is 11.0 Å². The van der Waals surface area contributed by atoms with Crippen LogP contribution in [0.1, 0.15) is 36.2 Å². The van der Waals surface area contributed by atoms with Crippen molar-refractivity contribution in [3.63, 3.8) is 0 Å². The molecule has 142 valence electrons. The fourth-order valence-corrected chi connectivity index (χ4v) is 2.43. The highest BCUT2D eigenvalue weighted by Gasteiger charge is 2.12. The molecule has 1 atom stereocenters. The Morgan fingerprint density at radius 1 is 1.26 bits per heavy atom. The number of nitro groups is 1. The van der Waals surface area contributed by atoms with E-state index in [2.05, 4.69) is 10.6 Å². The van der Waals surface area contributed by atoms with E-state index in [1.54, 1.807) is 37.3 Å². The minimum absolute atomic E-state index is 0.00676.